The van der Waals surface area contributed by atoms with Crippen LogP contribution in [0.25, 0.3) is 0 Å². The lowest BCUT2D eigenvalue weighted by Crippen LogP contribution is -2.24. The Bertz CT molecular complexity index is 528. The maximum Gasteiger partial charge on any atom is 0.303 e. The van der Waals surface area contributed by atoms with Gasteiger partial charge in [0.15, 0.2) is 9.84 Å². The number of aliphatic hydroxyl groups excluding tert-OH is 2. The Kier molecular flexibility index (Phi) is 11.1. The predicted octanol–water partition coefficient (Wildman–Crippen LogP) is 2.68. The van der Waals surface area contributed by atoms with Crippen molar-refractivity contribution < 1.29 is 28.5 Å². The largest absolute Gasteiger partial charge is 0.481 e. The lowest BCUT2D eigenvalue weighted by molar-refractivity contribution is -0.137. The van der Waals surface area contributed by atoms with Gasteiger partial charge in [-0.3, -0.25) is 4.79 Å². The van der Waals surface area contributed by atoms with Crippen LogP contribution in [0.2, 0.25) is 0 Å². The highest BCUT2D eigenvalue weighted by Crippen LogP contribution is 2.32. The molecule has 0 saturated carbocycles. The summed E-state index contributed by atoms with van der Waals surface area (Å²) in [6.07, 6.45) is 11.4. The summed E-state index contributed by atoms with van der Waals surface area (Å²) in [5.74, 6) is -1.30. The van der Waals surface area contributed by atoms with E-state index in [1.54, 1.807) is 0 Å². The Balaban J connectivity index is 2.40. The Hall–Kier alpha value is -0.920. The van der Waals surface area contributed by atoms with Gasteiger partial charge in [0.05, 0.1) is 17.1 Å². The highest BCUT2D eigenvalue weighted by Gasteiger charge is 2.44. The van der Waals surface area contributed by atoms with E-state index in [0.29, 0.717) is 12.8 Å². The number of hydrogen-bond donors (Lipinski definition) is 3. The van der Waals surface area contributed by atoms with E-state index in [0.717, 1.165) is 51.4 Å². The van der Waals surface area contributed by atoms with Crippen molar-refractivity contribution in [1.82, 2.24) is 0 Å². The fourth-order valence-electron chi connectivity index (χ4n) is 3.54. The molecular weight excluding hydrogens is 356 g/mol. The molecule has 152 valence electrons. The molecule has 0 aromatic heterocycles. The highest BCUT2D eigenvalue weighted by atomic mass is 32.2. The number of carbonyl (C=O) groups is 1. The lowest BCUT2D eigenvalue weighted by Gasteiger charge is -2.17. The van der Waals surface area contributed by atoms with Gasteiger partial charge in [0.2, 0.25) is 0 Å². The fraction of sp³-hybridized carbons (Fsp3) is 0.842. The van der Waals surface area contributed by atoms with Crippen molar-refractivity contribution in [2.45, 2.75) is 82.0 Å². The first-order chi connectivity index (χ1) is 12.4. The summed E-state index contributed by atoms with van der Waals surface area (Å²) in [6, 6.07) is 0. The van der Waals surface area contributed by atoms with Crippen LogP contribution in [0.1, 0.15) is 70.6 Å². The molecule has 1 saturated heterocycles. The van der Waals surface area contributed by atoms with Gasteiger partial charge in [0.1, 0.15) is 0 Å². The Labute approximate surface area is 157 Å². The van der Waals surface area contributed by atoms with Gasteiger partial charge < -0.3 is 15.3 Å². The summed E-state index contributed by atoms with van der Waals surface area (Å²) in [5, 5.41) is 27.0. The predicted molar refractivity (Wildman–Crippen MR) is 102 cm³/mol. The van der Waals surface area contributed by atoms with Crippen LogP contribution in [0, 0.1) is 5.92 Å². The maximum atomic E-state index is 12.3. The first kappa shape index (κ1) is 23.1. The van der Waals surface area contributed by atoms with E-state index in [4.69, 9.17) is 10.2 Å². The molecule has 0 spiro atoms. The summed E-state index contributed by atoms with van der Waals surface area (Å²) in [7, 11) is -3.27. The summed E-state index contributed by atoms with van der Waals surface area (Å²) < 4.78 is 24.6. The van der Waals surface area contributed by atoms with Crippen LogP contribution in [-0.2, 0) is 14.6 Å². The fourth-order valence-corrected chi connectivity index (χ4v) is 5.76. The minimum absolute atomic E-state index is 0.157. The first-order valence-corrected chi connectivity index (χ1v) is 11.5. The molecule has 0 bridgehead atoms. The zero-order valence-electron chi connectivity index (χ0n) is 15.6. The molecule has 1 fully saturated rings. The SMILES string of the molecule is O=C(O)CCCCCC[C@H]1[C@@H](C=CCCCCCCO)[C@@H](O)CS1(=O)=O. The topological polar surface area (TPSA) is 112 Å². The third-order valence-corrected chi connectivity index (χ3v) is 7.28. The van der Waals surface area contributed by atoms with Gasteiger partial charge in [0, 0.05) is 18.9 Å². The van der Waals surface area contributed by atoms with Crippen molar-refractivity contribution in [2.24, 2.45) is 5.92 Å². The van der Waals surface area contributed by atoms with Crippen molar-refractivity contribution in [3.8, 4) is 0 Å². The number of allylic oxidation sites excluding steroid dienone is 1. The van der Waals surface area contributed by atoms with E-state index in [2.05, 4.69) is 0 Å². The van der Waals surface area contributed by atoms with Crippen LogP contribution >= 0.6 is 0 Å². The van der Waals surface area contributed by atoms with Crippen molar-refractivity contribution in [3.63, 3.8) is 0 Å². The van der Waals surface area contributed by atoms with Gasteiger partial charge in [-0.15, -0.1) is 0 Å². The summed E-state index contributed by atoms with van der Waals surface area (Å²) in [6.45, 7) is 0.222. The molecule has 26 heavy (non-hydrogen) atoms. The quantitative estimate of drug-likeness (QED) is 0.310. The highest BCUT2D eigenvalue weighted by molar-refractivity contribution is 7.92. The molecule has 3 N–H and O–H groups in total. The van der Waals surface area contributed by atoms with Crippen molar-refractivity contribution >= 4 is 15.8 Å². The number of sulfone groups is 1. The van der Waals surface area contributed by atoms with Gasteiger partial charge >= 0.3 is 5.97 Å². The standard InChI is InChI=1S/C19H34O6S/c20-14-10-6-2-1-3-7-11-16-17(21)15-26(24,25)18(16)12-8-4-5-9-13-19(22)23/h7,11,16-18,20-21H,1-6,8-10,12-15H2,(H,22,23)/t16-,17-,18-/m0/s1. The molecule has 0 aromatic carbocycles. The molecule has 1 aliphatic heterocycles. The molecule has 0 amide bonds. The third-order valence-electron chi connectivity index (χ3n) is 5.00. The zero-order valence-corrected chi connectivity index (χ0v) is 16.4. The molecule has 0 aliphatic carbocycles. The van der Waals surface area contributed by atoms with Crippen LogP contribution in [0.3, 0.4) is 0 Å². The summed E-state index contributed by atoms with van der Waals surface area (Å²) in [5.41, 5.74) is 0. The minimum atomic E-state index is -3.27. The van der Waals surface area contributed by atoms with E-state index in [1.165, 1.54) is 0 Å². The molecular formula is C19H34O6S. The van der Waals surface area contributed by atoms with Gasteiger partial charge in [-0.1, -0.05) is 44.3 Å². The summed E-state index contributed by atoms with van der Waals surface area (Å²) >= 11 is 0. The Morgan fingerprint density at radius 1 is 1.00 bits per heavy atom. The van der Waals surface area contributed by atoms with Crippen LogP contribution in [0.15, 0.2) is 12.2 Å². The second-order valence-electron chi connectivity index (χ2n) is 7.21. The van der Waals surface area contributed by atoms with Crippen LogP contribution < -0.4 is 0 Å². The van der Waals surface area contributed by atoms with E-state index in [9.17, 15) is 18.3 Å². The second-order valence-corrected chi connectivity index (χ2v) is 9.48. The molecule has 7 heteroatoms. The van der Waals surface area contributed by atoms with E-state index in [-0.39, 0.29) is 24.7 Å². The average Bonchev–Trinajstić information content (AvgIpc) is 2.78. The second kappa shape index (κ2) is 12.5. The van der Waals surface area contributed by atoms with Crippen molar-refractivity contribution in [3.05, 3.63) is 12.2 Å². The van der Waals surface area contributed by atoms with Gasteiger partial charge in [-0.2, -0.15) is 0 Å². The normalized spacial score (nSPS) is 25.1. The molecule has 1 rings (SSSR count). The Morgan fingerprint density at radius 2 is 1.65 bits per heavy atom. The number of aliphatic hydroxyl groups is 2. The zero-order chi connectivity index (χ0) is 19.4. The van der Waals surface area contributed by atoms with E-state index < -0.39 is 27.2 Å². The van der Waals surface area contributed by atoms with Crippen LogP contribution in [0.5, 0.6) is 0 Å². The number of unbranched alkanes of at least 4 members (excludes halogenated alkanes) is 7. The molecule has 0 aromatic rings. The molecule has 3 atom stereocenters. The minimum Gasteiger partial charge on any atom is -0.481 e. The van der Waals surface area contributed by atoms with Crippen LogP contribution in [0.4, 0.5) is 0 Å². The lowest BCUT2D eigenvalue weighted by atomic mass is 9.94. The summed E-state index contributed by atoms with van der Waals surface area (Å²) in [4.78, 5) is 10.5. The smallest absolute Gasteiger partial charge is 0.303 e. The number of carboxylic acid groups (broad SMARTS) is 1. The van der Waals surface area contributed by atoms with Gasteiger partial charge in [0.25, 0.3) is 0 Å². The Morgan fingerprint density at radius 3 is 2.35 bits per heavy atom. The average molecular weight is 391 g/mol. The number of carboxylic acids is 1. The molecule has 0 radical (unpaired) electrons. The maximum absolute atomic E-state index is 12.3. The molecule has 1 aliphatic rings. The molecule has 6 nitrogen and oxygen atoms in total. The number of hydrogen-bond acceptors (Lipinski definition) is 5. The van der Waals surface area contributed by atoms with Gasteiger partial charge in [-0.05, 0) is 32.1 Å². The third kappa shape index (κ3) is 8.64. The van der Waals surface area contributed by atoms with E-state index in [1.807, 2.05) is 12.2 Å². The van der Waals surface area contributed by atoms with Crippen LogP contribution in [-0.4, -0.2) is 53.4 Å². The van der Waals surface area contributed by atoms with Crippen molar-refractivity contribution in [1.29, 1.82) is 0 Å². The van der Waals surface area contributed by atoms with Gasteiger partial charge in [-0.25, -0.2) is 8.42 Å². The molecule has 0 unspecified atom stereocenters. The number of rotatable bonds is 14. The molecule has 1 heterocycles. The first-order valence-electron chi connectivity index (χ1n) is 9.77. The number of aliphatic carboxylic acids is 1. The van der Waals surface area contributed by atoms with E-state index >= 15 is 0 Å². The monoisotopic (exact) mass is 390 g/mol. The van der Waals surface area contributed by atoms with Crippen molar-refractivity contribution in [2.75, 3.05) is 12.4 Å².